The van der Waals surface area contributed by atoms with Crippen LogP contribution in [0.3, 0.4) is 0 Å². The van der Waals surface area contributed by atoms with Crippen molar-refractivity contribution in [2.75, 3.05) is 12.4 Å². The van der Waals surface area contributed by atoms with Gasteiger partial charge in [0.1, 0.15) is 11.8 Å². The zero-order valence-corrected chi connectivity index (χ0v) is 17.2. The number of likely N-dealkylation sites (tertiary alicyclic amines) is 1. The van der Waals surface area contributed by atoms with Crippen molar-refractivity contribution in [2.24, 2.45) is 23.7 Å². The number of amides is 3. The monoisotopic (exact) mass is 416 g/mol. The molecule has 2 fully saturated rings. The Kier molecular flexibility index (Phi) is 4.85. The number of allylic oxidation sites excluding steroid dienone is 2. The number of nitrogens with zero attached hydrogens (tertiary/aromatic N) is 1. The molecule has 158 valence electrons. The minimum Gasteiger partial charge on any atom is -0.495 e. The average Bonchev–Trinajstić information content (AvgIpc) is 3.47. The van der Waals surface area contributed by atoms with Gasteiger partial charge in [-0.3, -0.25) is 19.3 Å². The highest BCUT2D eigenvalue weighted by Gasteiger charge is 2.61. The lowest BCUT2D eigenvalue weighted by Gasteiger charge is -2.27. The third-order valence-corrected chi connectivity index (χ3v) is 6.76. The number of carbonyl (C=O) groups is 3. The summed E-state index contributed by atoms with van der Waals surface area (Å²) in [7, 11) is 1.53. The standard InChI is InChI=1S/C25H24N2O4/c1-31-20-10-6-5-9-18(20)26-23(28)19(13-15-7-3-2-4-8-15)27-24(29)21-16-11-12-17(14-16)22(21)25(27)30/h2-12,16-17,19,21-22H,13-14H2,1H3,(H,26,28)/t16-,17-,19-,21-,22-/m0/s1. The molecule has 0 spiro atoms. The van der Waals surface area contributed by atoms with Gasteiger partial charge < -0.3 is 10.1 Å². The molecule has 1 aliphatic heterocycles. The highest BCUT2D eigenvalue weighted by Crippen LogP contribution is 2.53. The number of hydrogen-bond donors (Lipinski definition) is 1. The number of hydrogen-bond acceptors (Lipinski definition) is 4. The summed E-state index contributed by atoms with van der Waals surface area (Å²) in [6.45, 7) is 0. The first-order valence-electron chi connectivity index (χ1n) is 10.6. The van der Waals surface area contributed by atoms with Crippen molar-refractivity contribution in [1.29, 1.82) is 0 Å². The van der Waals surface area contributed by atoms with E-state index in [1.165, 1.54) is 12.0 Å². The number of benzene rings is 2. The molecule has 2 aromatic rings. The third-order valence-electron chi connectivity index (χ3n) is 6.76. The van der Waals surface area contributed by atoms with Crippen molar-refractivity contribution in [3.8, 4) is 5.75 Å². The maximum Gasteiger partial charge on any atom is 0.248 e. The lowest BCUT2D eigenvalue weighted by atomic mass is 9.85. The molecule has 1 saturated heterocycles. The van der Waals surface area contributed by atoms with Gasteiger partial charge in [-0.05, 0) is 36.0 Å². The minimum atomic E-state index is -0.919. The zero-order valence-electron chi connectivity index (χ0n) is 17.2. The molecule has 0 unspecified atom stereocenters. The fourth-order valence-electron chi connectivity index (χ4n) is 5.34. The van der Waals surface area contributed by atoms with Gasteiger partial charge in [0.25, 0.3) is 0 Å². The van der Waals surface area contributed by atoms with E-state index in [4.69, 9.17) is 4.74 Å². The van der Waals surface area contributed by atoms with Crippen LogP contribution in [-0.2, 0) is 20.8 Å². The summed E-state index contributed by atoms with van der Waals surface area (Å²) in [5.74, 6) is -0.773. The normalized spacial score (nSPS) is 26.8. The Morgan fingerprint density at radius 1 is 1.00 bits per heavy atom. The number of methoxy groups -OCH3 is 1. The highest BCUT2D eigenvalue weighted by molar-refractivity contribution is 6.11. The molecule has 6 nitrogen and oxygen atoms in total. The Morgan fingerprint density at radius 3 is 2.26 bits per heavy atom. The van der Waals surface area contributed by atoms with E-state index in [0.717, 1.165) is 12.0 Å². The Labute approximate surface area is 180 Å². The average molecular weight is 416 g/mol. The molecule has 6 heteroatoms. The summed E-state index contributed by atoms with van der Waals surface area (Å²) in [4.78, 5) is 41.4. The second kappa shape index (κ2) is 7.69. The topological polar surface area (TPSA) is 75.7 Å². The molecule has 2 aliphatic carbocycles. The van der Waals surface area contributed by atoms with E-state index < -0.39 is 11.9 Å². The smallest absolute Gasteiger partial charge is 0.248 e. The maximum absolute atomic E-state index is 13.4. The van der Waals surface area contributed by atoms with Crippen molar-refractivity contribution in [3.05, 3.63) is 72.3 Å². The van der Waals surface area contributed by atoms with Gasteiger partial charge in [-0.2, -0.15) is 0 Å². The maximum atomic E-state index is 13.4. The zero-order chi connectivity index (χ0) is 21.5. The first kappa shape index (κ1) is 19.5. The van der Waals surface area contributed by atoms with Crippen LogP contribution in [0, 0.1) is 23.7 Å². The third kappa shape index (κ3) is 3.23. The van der Waals surface area contributed by atoms with Crippen molar-refractivity contribution in [1.82, 2.24) is 4.90 Å². The van der Waals surface area contributed by atoms with Gasteiger partial charge in [-0.1, -0.05) is 54.6 Å². The predicted octanol–water partition coefficient (Wildman–Crippen LogP) is 3.05. The lowest BCUT2D eigenvalue weighted by Crippen LogP contribution is -2.49. The Hall–Kier alpha value is -3.41. The summed E-state index contributed by atoms with van der Waals surface area (Å²) in [6, 6.07) is 15.7. The van der Waals surface area contributed by atoms with E-state index in [-0.39, 0.29) is 41.9 Å². The molecule has 3 aliphatic rings. The molecule has 2 bridgehead atoms. The van der Waals surface area contributed by atoms with Crippen LogP contribution in [-0.4, -0.2) is 35.8 Å². The fraction of sp³-hybridized carbons (Fsp3) is 0.320. The molecule has 5 atom stereocenters. The van der Waals surface area contributed by atoms with E-state index in [9.17, 15) is 14.4 Å². The number of rotatable bonds is 6. The van der Waals surface area contributed by atoms with Crippen molar-refractivity contribution in [3.63, 3.8) is 0 Å². The Balaban J connectivity index is 1.47. The first-order valence-corrected chi connectivity index (χ1v) is 10.6. The molecule has 31 heavy (non-hydrogen) atoms. The number of carbonyl (C=O) groups excluding carboxylic acids is 3. The largest absolute Gasteiger partial charge is 0.495 e. The van der Waals surface area contributed by atoms with Crippen LogP contribution in [0.1, 0.15) is 12.0 Å². The van der Waals surface area contributed by atoms with E-state index in [1.807, 2.05) is 36.4 Å². The second-order valence-electron chi connectivity index (χ2n) is 8.44. The number of para-hydroxylation sites is 2. The molecular formula is C25H24N2O4. The van der Waals surface area contributed by atoms with E-state index >= 15 is 0 Å². The van der Waals surface area contributed by atoms with Gasteiger partial charge >= 0.3 is 0 Å². The molecule has 0 aromatic heterocycles. The molecule has 1 N–H and O–H groups in total. The van der Waals surface area contributed by atoms with Crippen LogP contribution in [0.15, 0.2) is 66.7 Å². The van der Waals surface area contributed by atoms with Gasteiger partial charge in [0, 0.05) is 6.42 Å². The van der Waals surface area contributed by atoms with Gasteiger partial charge in [0.05, 0.1) is 24.6 Å². The number of nitrogens with one attached hydrogen (secondary N) is 1. The number of imide groups is 1. The Morgan fingerprint density at radius 2 is 1.61 bits per heavy atom. The van der Waals surface area contributed by atoms with Gasteiger partial charge in [-0.25, -0.2) is 0 Å². The predicted molar refractivity (Wildman–Crippen MR) is 115 cm³/mol. The highest BCUT2D eigenvalue weighted by atomic mass is 16.5. The van der Waals surface area contributed by atoms with Crippen molar-refractivity contribution >= 4 is 23.4 Å². The van der Waals surface area contributed by atoms with Crippen LogP contribution < -0.4 is 10.1 Å². The van der Waals surface area contributed by atoms with Crippen LogP contribution in [0.4, 0.5) is 5.69 Å². The number of ether oxygens (including phenoxy) is 1. The van der Waals surface area contributed by atoms with Crippen molar-refractivity contribution < 1.29 is 19.1 Å². The Bertz CT molecular complexity index is 1030. The molecule has 1 saturated carbocycles. The van der Waals surface area contributed by atoms with Crippen LogP contribution in [0.2, 0.25) is 0 Å². The summed E-state index contributed by atoms with van der Waals surface area (Å²) >= 11 is 0. The SMILES string of the molecule is COc1ccccc1NC(=O)[C@H](Cc1ccccc1)N1C(=O)[C@@H]2[C@@H](C1=O)[C@H]1C=C[C@H]2C1. The van der Waals surface area contributed by atoms with Gasteiger partial charge in [0.2, 0.25) is 17.7 Å². The van der Waals surface area contributed by atoms with Crippen LogP contribution >= 0.6 is 0 Å². The summed E-state index contributed by atoms with van der Waals surface area (Å²) in [5.41, 5.74) is 1.40. The molecule has 0 radical (unpaired) electrons. The number of fused-ring (bicyclic) bond motifs is 5. The fourth-order valence-corrected chi connectivity index (χ4v) is 5.34. The molecular weight excluding hydrogens is 392 g/mol. The van der Waals surface area contributed by atoms with E-state index in [0.29, 0.717) is 11.4 Å². The lowest BCUT2D eigenvalue weighted by molar-refractivity contribution is -0.147. The summed E-state index contributed by atoms with van der Waals surface area (Å²) in [5, 5.41) is 2.88. The summed E-state index contributed by atoms with van der Waals surface area (Å²) < 4.78 is 5.34. The molecule has 2 aromatic carbocycles. The summed E-state index contributed by atoms with van der Waals surface area (Å²) in [6.07, 6.45) is 5.24. The van der Waals surface area contributed by atoms with Gasteiger partial charge in [-0.15, -0.1) is 0 Å². The van der Waals surface area contributed by atoms with E-state index in [1.54, 1.807) is 18.2 Å². The van der Waals surface area contributed by atoms with E-state index in [2.05, 4.69) is 17.5 Å². The van der Waals surface area contributed by atoms with Crippen molar-refractivity contribution in [2.45, 2.75) is 18.9 Å². The molecule has 5 rings (SSSR count). The minimum absolute atomic E-state index is 0.103. The molecule has 3 amide bonds. The van der Waals surface area contributed by atoms with Gasteiger partial charge in [0.15, 0.2) is 0 Å². The van der Waals surface area contributed by atoms with Crippen LogP contribution in [0.5, 0.6) is 5.75 Å². The quantitative estimate of drug-likeness (QED) is 0.580. The number of anilines is 1. The van der Waals surface area contributed by atoms with Crippen LogP contribution in [0.25, 0.3) is 0 Å². The first-order chi connectivity index (χ1) is 15.1. The second-order valence-corrected chi connectivity index (χ2v) is 8.44. The molecule has 1 heterocycles.